The van der Waals surface area contributed by atoms with E-state index in [0.29, 0.717) is 13.0 Å². The molecule has 1 aromatic heterocycles. The number of nitrogens with zero attached hydrogens (tertiary/aromatic N) is 2. The van der Waals surface area contributed by atoms with E-state index in [1.165, 1.54) is 0 Å². The average Bonchev–Trinajstić information content (AvgIpc) is 3.01. The van der Waals surface area contributed by atoms with Crippen molar-refractivity contribution in [1.82, 2.24) is 14.9 Å². The molecule has 2 fully saturated rings. The molecule has 4 rings (SSSR count). The van der Waals surface area contributed by atoms with E-state index >= 15 is 0 Å². The molecule has 0 bridgehead atoms. The summed E-state index contributed by atoms with van der Waals surface area (Å²) in [6.07, 6.45) is 5.79. The second-order valence-corrected chi connectivity index (χ2v) is 9.30. The van der Waals surface area contributed by atoms with E-state index in [9.17, 15) is 4.79 Å². The van der Waals surface area contributed by atoms with Gasteiger partial charge in [0.25, 0.3) is 0 Å². The number of nitrogens with one attached hydrogen (secondary N) is 1. The Morgan fingerprint density at radius 3 is 2.30 bits per heavy atom. The van der Waals surface area contributed by atoms with Gasteiger partial charge in [0.15, 0.2) is 5.54 Å². The SMILES string of the molecule is CCOC(=O)C1(Cc2ccc(B3OC(C)(C)C(C)(C)O3)cc2)NC1(C)n1ccnc1. The number of esters is 1. The molecule has 7 nitrogen and oxygen atoms in total. The van der Waals surface area contributed by atoms with Crippen LogP contribution in [0.1, 0.15) is 47.1 Å². The van der Waals surface area contributed by atoms with Crippen LogP contribution >= 0.6 is 0 Å². The quantitative estimate of drug-likeness (QED) is 0.445. The van der Waals surface area contributed by atoms with Crippen LogP contribution in [0.5, 0.6) is 0 Å². The topological polar surface area (TPSA) is 84.5 Å². The summed E-state index contributed by atoms with van der Waals surface area (Å²) in [4.78, 5) is 17.0. The lowest BCUT2D eigenvalue weighted by atomic mass is 9.78. The van der Waals surface area contributed by atoms with Crippen LogP contribution in [0.25, 0.3) is 0 Å². The lowest BCUT2D eigenvalue weighted by Gasteiger charge is -2.32. The molecule has 0 saturated carbocycles. The predicted molar refractivity (Wildman–Crippen MR) is 114 cm³/mol. The van der Waals surface area contributed by atoms with Gasteiger partial charge in [-0.2, -0.15) is 0 Å². The minimum Gasteiger partial charge on any atom is -0.464 e. The van der Waals surface area contributed by atoms with E-state index < -0.39 is 18.3 Å². The number of ether oxygens (including phenoxy) is 1. The molecular weight excluding hydrogens is 381 g/mol. The van der Waals surface area contributed by atoms with E-state index in [1.54, 1.807) is 12.5 Å². The Morgan fingerprint density at radius 1 is 1.13 bits per heavy atom. The minimum atomic E-state index is -0.838. The molecule has 0 radical (unpaired) electrons. The summed E-state index contributed by atoms with van der Waals surface area (Å²) in [6.45, 7) is 12.3. The average molecular weight is 411 g/mol. The fraction of sp³-hybridized carbons (Fsp3) is 0.545. The van der Waals surface area contributed by atoms with Crippen molar-refractivity contribution in [1.29, 1.82) is 0 Å². The first-order chi connectivity index (χ1) is 14.0. The minimum absolute atomic E-state index is 0.253. The molecule has 1 aromatic carbocycles. The van der Waals surface area contributed by atoms with Crippen molar-refractivity contribution in [2.75, 3.05) is 6.61 Å². The standard InChI is InChI=1S/C22H30BN3O4/c1-7-28-18(27)22(21(6,25-22)26-13-12-24-15-26)14-16-8-10-17(11-9-16)23-29-19(2,3)20(4,5)30-23/h8-13,15,25H,7,14H2,1-6H3. The highest BCUT2D eigenvalue weighted by molar-refractivity contribution is 6.62. The third-order valence-electron chi connectivity index (χ3n) is 6.84. The highest BCUT2D eigenvalue weighted by Crippen LogP contribution is 2.46. The number of benzene rings is 1. The number of imidazole rings is 1. The molecule has 160 valence electrons. The van der Waals surface area contributed by atoms with Crippen LogP contribution in [0.2, 0.25) is 0 Å². The Kier molecular flexibility index (Phi) is 4.88. The van der Waals surface area contributed by atoms with Gasteiger partial charge in [-0.25, -0.2) is 9.78 Å². The molecule has 30 heavy (non-hydrogen) atoms. The fourth-order valence-electron chi connectivity index (χ4n) is 4.06. The molecule has 2 unspecified atom stereocenters. The molecule has 2 saturated heterocycles. The summed E-state index contributed by atoms with van der Waals surface area (Å²) in [5.74, 6) is -0.253. The molecule has 2 aliphatic heterocycles. The molecular formula is C22H30BN3O4. The van der Waals surface area contributed by atoms with Gasteiger partial charge in [-0.05, 0) is 52.6 Å². The Labute approximate surface area is 178 Å². The highest BCUT2D eigenvalue weighted by atomic mass is 16.7. The van der Waals surface area contributed by atoms with Gasteiger partial charge in [-0.3, -0.25) is 5.32 Å². The lowest BCUT2D eigenvalue weighted by molar-refractivity contribution is -0.147. The molecule has 2 aliphatic rings. The van der Waals surface area contributed by atoms with Crippen molar-refractivity contribution in [3.05, 3.63) is 48.5 Å². The van der Waals surface area contributed by atoms with Crippen molar-refractivity contribution in [2.45, 2.75) is 70.4 Å². The zero-order valence-corrected chi connectivity index (χ0v) is 18.6. The van der Waals surface area contributed by atoms with Crippen molar-refractivity contribution < 1.29 is 18.8 Å². The summed E-state index contributed by atoms with van der Waals surface area (Å²) >= 11 is 0. The van der Waals surface area contributed by atoms with Crippen LogP contribution in [0, 0.1) is 0 Å². The number of rotatable bonds is 6. The summed E-state index contributed by atoms with van der Waals surface area (Å²) < 4.78 is 19.6. The van der Waals surface area contributed by atoms with Gasteiger partial charge < -0.3 is 18.6 Å². The van der Waals surface area contributed by atoms with Crippen LogP contribution in [0.15, 0.2) is 43.0 Å². The van der Waals surface area contributed by atoms with Gasteiger partial charge in [0.05, 0.1) is 24.1 Å². The normalized spacial score (nSPS) is 29.1. The predicted octanol–water partition coefficient (Wildman–Crippen LogP) is 2.00. The van der Waals surface area contributed by atoms with Gasteiger partial charge in [-0.1, -0.05) is 24.3 Å². The van der Waals surface area contributed by atoms with Gasteiger partial charge in [-0.15, -0.1) is 0 Å². The third kappa shape index (κ3) is 3.18. The highest BCUT2D eigenvalue weighted by Gasteiger charge is 2.71. The Balaban J connectivity index is 1.55. The number of carbonyl (C=O) groups is 1. The second kappa shape index (κ2) is 6.94. The summed E-state index contributed by atoms with van der Waals surface area (Å²) in [7, 11) is -0.404. The molecule has 0 amide bonds. The van der Waals surface area contributed by atoms with Crippen molar-refractivity contribution in [3.63, 3.8) is 0 Å². The van der Waals surface area contributed by atoms with Gasteiger partial charge in [0, 0.05) is 18.8 Å². The first-order valence-corrected chi connectivity index (χ1v) is 10.4. The third-order valence-corrected chi connectivity index (χ3v) is 6.84. The van der Waals surface area contributed by atoms with E-state index in [0.717, 1.165) is 11.0 Å². The molecule has 0 aliphatic carbocycles. The van der Waals surface area contributed by atoms with Crippen LogP contribution in [0.3, 0.4) is 0 Å². The Bertz CT molecular complexity index is 912. The van der Waals surface area contributed by atoms with Crippen molar-refractivity contribution in [2.24, 2.45) is 0 Å². The monoisotopic (exact) mass is 411 g/mol. The molecule has 2 aromatic rings. The maximum Gasteiger partial charge on any atom is 0.494 e. The van der Waals surface area contributed by atoms with E-state index in [4.69, 9.17) is 14.0 Å². The molecule has 2 atom stereocenters. The molecule has 8 heteroatoms. The van der Waals surface area contributed by atoms with E-state index in [-0.39, 0.29) is 17.2 Å². The van der Waals surface area contributed by atoms with Crippen LogP contribution < -0.4 is 10.8 Å². The largest absolute Gasteiger partial charge is 0.494 e. The summed E-state index contributed by atoms with van der Waals surface area (Å²) in [5.41, 5.74) is -0.192. The van der Waals surface area contributed by atoms with E-state index in [1.807, 2.05) is 76.6 Å². The number of aromatic nitrogens is 2. The van der Waals surface area contributed by atoms with E-state index in [2.05, 4.69) is 10.3 Å². The van der Waals surface area contributed by atoms with Crippen molar-refractivity contribution >= 4 is 18.6 Å². The van der Waals surface area contributed by atoms with Crippen LogP contribution in [-0.4, -0.2) is 46.0 Å². The Morgan fingerprint density at radius 2 is 1.77 bits per heavy atom. The lowest BCUT2D eigenvalue weighted by Crippen LogP contribution is -2.41. The summed E-state index contributed by atoms with van der Waals surface area (Å²) in [6, 6.07) is 8.06. The molecule has 0 spiro atoms. The van der Waals surface area contributed by atoms with Gasteiger partial charge in [0.2, 0.25) is 0 Å². The zero-order valence-electron chi connectivity index (χ0n) is 18.6. The smallest absolute Gasteiger partial charge is 0.464 e. The van der Waals surface area contributed by atoms with Gasteiger partial charge >= 0.3 is 13.1 Å². The number of hydrogen-bond donors (Lipinski definition) is 1. The molecule has 1 N–H and O–H groups in total. The Hall–Kier alpha value is -2.16. The molecule has 3 heterocycles. The number of carbonyl (C=O) groups excluding carboxylic acids is 1. The van der Waals surface area contributed by atoms with Gasteiger partial charge in [0.1, 0.15) is 5.66 Å². The fourth-order valence-corrected chi connectivity index (χ4v) is 4.06. The maximum atomic E-state index is 12.9. The number of hydrogen-bond acceptors (Lipinski definition) is 6. The maximum absolute atomic E-state index is 12.9. The van der Waals surface area contributed by atoms with Crippen LogP contribution in [0.4, 0.5) is 0 Å². The van der Waals surface area contributed by atoms with Crippen molar-refractivity contribution in [3.8, 4) is 0 Å². The first kappa shape index (κ1) is 21.1. The second-order valence-electron chi connectivity index (χ2n) is 9.30. The zero-order chi connectivity index (χ0) is 21.8. The first-order valence-electron chi connectivity index (χ1n) is 10.4. The van der Waals surface area contributed by atoms with Crippen LogP contribution in [-0.2, 0) is 30.9 Å². The summed E-state index contributed by atoms with van der Waals surface area (Å²) in [5, 5.41) is 3.38.